The largest absolute Gasteiger partial charge is 0.426 e. The normalized spacial score (nSPS) is 13.2. The summed E-state index contributed by atoms with van der Waals surface area (Å²) in [6, 6.07) is 1.42. The topological polar surface area (TPSA) is 107 Å². The Bertz CT molecular complexity index is 815. The molecule has 25 heavy (non-hydrogen) atoms. The van der Waals surface area contributed by atoms with Gasteiger partial charge in [-0.25, -0.2) is 28.8 Å². The summed E-state index contributed by atoms with van der Waals surface area (Å²) in [5.41, 5.74) is -0.709. The number of carbonyl (C=O) groups is 1. The molecule has 2 heterocycles. The van der Waals surface area contributed by atoms with E-state index in [4.69, 9.17) is 5.26 Å². The minimum Gasteiger partial charge on any atom is -0.401 e. The van der Waals surface area contributed by atoms with Gasteiger partial charge in [-0.15, -0.1) is 0 Å². The third-order valence-corrected chi connectivity index (χ3v) is 2.61. The van der Waals surface area contributed by atoms with Crippen LogP contribution in [-0.2, 0) is 4.79 Å². The number of nitrogens with zero attached hydrogens (tertiary/aromatic N) is 6. The molecule has 8 nitrogen and oxygen atoms in total. The standard InChI is InChI=1S/C11H4F6N6O2/c12-8(11(15,16)17)10(13,14)9(24)25-7-5(1-18)6(20-3-21-7)23-4-19-2-22-23/h2-4,8H. The summed E-state index contributed by atoms with van der Waals surface area (Å²) in [4.78, 5) is 21.6. The number of aromatic nitrogens is 5. The predicted octanol–water partition coefficient (Wildman–Crippen LogP) is 1.37. The minimum absolute atomic E-state index is 0.353. The van der Waals surface area contributed by atoms with Gasteiger partial charge in [0, 0.05) is 0 Å². The van der Waals surface area contributed by atoms with Gasteiger partial charge in [0.2, 0.25) is 5.88 Å². The summed E-state index contributed by atoms with van der Waals surface area (Å²) in [5.74, 6) is -9.88. The number of halogens is 6. The van der Waals surface area contributed by atoms with Gasteiger partial charge >= 0.3 is 18.1 Å². The van der Waals surface area contributed by atoms with E-state index < -0.39 is 35.7 Å². The van der Waals surface area contributed by atoms with Crippen LogP contribution in [0.25, 0.3) is 5.82 Å². The number of nitriles is 1. The van der Waals surface area contributed by atoms with E-state index in [1.54, 1.807) is 0 Å². The Hall–Kier alpha value is -3.24. The molecule has 0 aromatic carbocycles. The fourth-order valence-electron chi connectivity index (χ4n) is 1.49. The lowest BCUT2D eigenvalue weighted by atomic mass is 10.2. The highest BCUT2D eigenvalue weighted by atomic mass is 19.4. The quantitative estimate of drug-likeness (QED) is 0.594. The van der Waals surface area contributed by atoms with E-state index in [0.29, 0.717) is 6.33 Å². The van der Waals surface area contributed by atoms with Gasteiger partial charge in [0.1, 0.15) is 25.1 Å². The summed E-state index contributed by atoms with van der Waals surface area (Å²) in [7, 11) is 0. The number of hydrogen-bond acceptors (Lipinski definition) is 7. The summed E-state index contributed by atoms with van der Waals surface area (Å²) in [5, 5.41) is 12.6. The summed E-state index contributed by atoms with van der Waals surface area (Å²) in [6.07, 6.45) is -8.06. The molecular weight excluding hydrogens is 362 g/mol. The van der Waals surface area contributed by atoms with Gasteiger partial charge in [0.05, 0.1) is 0 Å². The molecule has 0 amide bonds. The van der Waals surface area contributed by atoms with E-state index in [-0.39, 0.29) is 5.82 Å². The Morgan fingerprint density at radius 2 is 1.92 bits per heavy atom. The first kappa shape index (κ1) is 18.1. The number of alkyl halides is 6. The van der Waals surface area contributed by atoms with Crippen molar-refractivity contribution in [1.82, 2.24) is 24.7 Å². The fraction of sp³-hybridized carbons (Fsp3) is 0.273. The highest BCUT2D eigenvalue weighted by molar-refractivity contribution is 5.81. The Kier molecular flexibility index (Phi) is 4.59. The van der Waals surface area contributed by atoms with E-state index in [1.165, 1.54) is 6.07 Å². The molecule has 132 valence electrons. The maximum atomic E-state index is 13.3. The van der Waals surface area contributed by atoms with Crippen molar-refractivity contribution in [2.45, 2.75) is 18.3 Å². The predicted molar refractivity (Wildman–Crippen MR) is 63.2 cm³/mol. The van der Waals surface area contributed by atoms with Crippen molar-refractivity contribution in [2.24, 2.45) is 0 Å². The van der Waals surface area contributed by atoms with Crippen LogP contribution in [-0.4, -0.2) is 49.0 Å². The molecule has 2 aromatic heterocycles. The Labute approximate surface area is 133 Å². The first-order valence-corrected chi connectivity index (χ1v) is 6.00. The summed E-state index contributed by atoms with van der Waals surface area (Å²) in [6.45, 7) is 0. The van der Waals surface area contributed by atoms with Crippen LogP contribution in [0.5, 0.6) is 5.88 Å². The average molecular weight is 366 g/mol. The van der Waals surface area contributed by atoms with E-state index in [0.717, 1.165) is 17.3 Å². The van der Waals surface area contributed by atoms with Crippen molar-refractivity contribution in [3.63, 3.8) is 0 Å². The number of rotatable bonds is 4. The van der Waals surface area contributed by atoms with Crippen LogP contribution in [0.1, 0.15) is 5.56 Å². The van der Waals surface area contributed by atoms with Crippen LogP contribution in [0.15, 0.2) is 19.0 Å². The van der Waals surface area contributed by atoms with E-state index in [1.807, 2.05) is 0 Å². The van der Waals surface area contributed by atoms with Crippen molar-refractivity contribution in [1.29, 1.82) is 5.26 Å². The third kappa shape index (κ3) is 3.49. The van der Waals surface area contributed by atoms with Crippen molar-refractivity contribution in [3.05, 3.63) is 24.5 Å². The zero-order valence-electron chi connectivity index (χ0n) is 11.6. The molecule has 2 aromatic rings. The van der Waals surface area contributed by atoms with Gasteiger partial charge in [0.15, 0.2) is 11.4 Å². The second-order valence-electron chi connectivity index (χ2n) is 4.25. The zero-order valence-corrected chi connectivity index (χ0v) is 11.6. The van der Waals surface area contributed by atoms with Gasteiger partial charge in [-0.05, 0) is 0 Å². The number of ether oxygens (including phenoxy) is 1. The minimum atomic E-state index is -6.00. The fourth-order valence-corrected chi connectivity index (χ4v) is 1.49. The van der Waals surface area contributed by atoms with Gasteiger partial charge in [-0.1, -0.05) is 0 Å². The first-order chi connectivity index (χ1) is 11.6. The van der Waals surface area contributed by atoms with E-state index >= 15 is 0 Å². The molecule has 0 spiro atoms. The van der Waals surface area contributed by atoms with Gasteiger partial charge in [0.25, 0.3) is 6.17 Å². The van der Waals surface area contributed by atoms with E-state index in [9.17, 15) is 31.1 Å². The zero-order chi connectivity index (χ0) is 18.8. The maximum Gasteiger partial charge on any atom is 0.426 e. The molecule has 0 aliphatic heterocycles. The monoisotopic (exact) mass is 366 g/mol. The van der Waals surface area contributed by atoms with Crippen LogP contribution in [0, 0.1) is 11.3 Å². The molecule has 0 N–H and O–H groups in total. The lowest BCUT2D eigenvalue weighted by molar-refractivity contribution is -0.246. The third-order valence-electron chi connectivity index (χ3n) is 2.61. The SMILES string of the molecule is N#Cc1c(OC(=O)C(F)(F)C(F)C(F)(F)F)ncnc1-n1cncn1. The van der Waals surface area contributed by atoms with Crippen LogP contribution in [0.4, 0.5) is 26.3 Å². The molecule has 0 aliphatic carbocycles. The molecule has 1 atom stereocenters. The maximum absolute atomic E-state index is 13.3. The highest BCUT2D eigenvalue weighted by Gasteiger charge is 2.62. The summed E-state index contributed by atoms with van der Waals surface area (Å²) < 4.78 is 80.5. The number of carbonyl (C=O) groups excluding carboxylic acids is 1. The lowest BCUT2D eigenvalue weighted by Gasteiger charge is -2.20. The molecular formula is C11H4F6N6O2. The molecule has 0 aliphatic rings. The van der Waals surface area contributed by atoms with Gasteiger partial charge in [-0.3, -0.25) is 0 Å². The van der Waals surface area contributed by atoms with E-state index in [2.05, 4.69) is 24.8 Å². The van der Waals surface area contributed by atoms with Crippen LogP contribution in [0.3, 0.4) is 0 Å². The molecule has 0 radical (unpaired) electrons. The second-order valence-corrected chi connectivity index (χ2v) is 4.25. The molecule has 0 fully saturated rings. The van der Waals surface area contributed by atoms with Crippen LogP contribution < -0.4 is 4.74 Å². The second kappa shape index (κ2) is 6.34. The highest BCUT2D eigenvalue weighted by Crippen LogP contribution is 2.36. The van der Waals surface area contributed by atoms with Gasteiger partial charge in [-0.2, -0.15) is 32.3 Å². The van der Waals surface area contributed by atoms with Crippen molar-refractivity contribution >= 4 is 5.97 Å². The van der Waals surface area contributed by atoms with Gasteiger partial charge < -0.3 is 4.74 Å². The molecule has 0 bridgehead atoms. The van der Waals surface area contributed by atoms with Crippen molar-refractivity contribution < 1.29 is 35.9 Å². The molecule has 1 unspecified atom stereocenters. The number of esters is 1. The van der Waals surface area contributed by atoms with Crippen LogP contribution >= 0.6 is 0 Å². The Morgan fingerprint density at radius 3 is 2.44 bits per heavy atom. The molecule has 14 heteroatoms. The molecule has 0 saturated heterocycles. The van der Waals surface area contributed by atoms with Crippen LogP contribution in [0.2, 0.25) is 0 Å². The first-order valence-electron chi connectivity index (χ1n) is 6.00. The molecule has 2 rings (SSSR count). The van der Waals surface area contributed by atoms with Crippen molar-refractivity contribution in [2.75, 3.05) is 0 Å². The summed E-state index contributed by atoms with van der Waals surface area (Å²) >= 11 is 0. The molecule has 0 saturated carbocycles. The van der Waals surface area contributed by atoms with Crippen molar-refractivity contribution in [3.8, 4) is 17.8 Å². The lowest BCUT2D eigenvalue weighted by Crippen LogP contribution is -2.49. The number of hydrogen-bond donors (Lipinski definition) is 0. The smallest absolute Gasteiger partial charge is 0.401 e. The Balaban J connectivity index is 2.37. The average Bonchev–Trinajstić information content (AvgIpc) is 3.07. The Morgan fingerprint density at radius 1 is 1.24 bits per heavy atom.